The fraction of sp³-hybridized carbons (Fsp3) is 0.750. The first-order valence-electron chi connectivity index (χ1n) is 7.92. The van der Waals surface area contributed by atoms with Crippen molar-refractivity contribution in [1.82, 2.24) is 4.90 Å². The molecule has 1 amide bonds. The molecule has 3 atom stereocenters. The first-order chi connectivity index (χ1) is 10.2. The van der Waals surface area contributed by atoms with Crippen LogP contribution in [0.2, 0.25) is 0 Å². The summed E-state index contributed by atoms with van der Waals surface area (Å²) in [5, 5.41) is 0. The van der Waals surface area contributed by atoms with E-state index in [4.69, 9.17) is 9.47 Å². The number of ether oxygens (including phenoxy) is 2. The van der Waals surface area contributed by atoms with Crippen LogP contribution in [0.5, 0.6) is 0 Å². The predicted octanol–water partition coefficient (Wildman–Crippen LogP) is 2.46. The van der Waals surface area contributed by atoms with Gasteiger partial charge in [0.2, 0.25) is 12.2 Å². The number of esters is 1. The Morgan fingerprint density at radius 1 is 1.52 bits per heavy atom. The lowest BCUT2D eigenvalue weighted by molar-refractivity contribution is -0.192. The van der Waals surface area contributed by atoms with E-state index >= 15 is 0 Å². The highest BCUT2D eigenvalue weighted by molar-refractivity contribution is 6.00. The average Bonchev–Trinajstić information content (AvgIpc) is 2.82. The Balaban J connectivity index is 1.99. The summed E-state index contributed by atoms with van der Waals surface area (Å²) in [5.74, 6) is -1.30. The van der Waals surface area contributed by atoms with Gasteiger partial charge >= 0.3 is 5.97 Å². The van der Waals surface area contributed by atoms with Crippen LogP contribution in [0.3, 0.4) is 0 Å². The quantitative estimate of drug-likeness (QED) is 0.558. The minimum Gasteiger partial charge on any atom is -0.435 e. The van der Waals surface area contributed by atoms with Gasteiger partial charge < -0.3 is 14.4 Å². The molecular weight excluding hydrogens is 270 g/mol. The molecule has 2 fully saturated rings. The number of amides is 1. The molecule has 2 heterocycles. The van der Waals surface area contributed by atoms with Gasteiger partial charge in [0.05, 0.1) is 6.61 Å². The third-order valence-corrected chi connectivity index (χ3v) is 4.24. The number of rotatable bonds is 6. The third-order valence-electron chi connectivity index (χ3n) is 4.24. The first-order valence-corrected chi connectivity index (χ1v) is 7.92. The Bertz CT molecular complexity index is 390. The van der Waals surface area contributed by atoms with Gasteiger partial charge in [-0.2, -0.15) is 0 Å². The van der Waals surface area contributed by atoms with Gasteiger partial charge in [0.1, 0.15) is 5.92 Å². The van der Waals surface area contributed by atoms with Crippen LogP contribution >= 0.6 is 0 Å². The Kier molecular flexibility index (Phi) is 5.79. The van der Waals surface area contributed by atoms with E-state index in [-0.39, 0.29) is 11.8 Å². The van der Waals surface area contributed by atoms with E-state index in [0.29, 0.717) is 13.2 Å². The molecule has 0 aliphatic carbocycles. The number of likely N-dealkylation sites (tertiary alicyclic amines) is 1. The van der Waals surface area contributed by atoms with Gasteiger partial charge in [-0.05, 0) is 31.4 Å². The van der Waals surface area contributed by atoms with Gasteiger partial charge in [-0.25, -0.2) is 0 Å². The lowest BCUT2D eigenvalue weighted by atomic mass is 9.91. The van der Waals surface area contributed by atoms with Crippen molar-refractivity contribution in [1.29, 1.82) is 0 Å². The molecule has 2 aliphatic rings. The highest BCUT2D eigenvalue weighted by Gasteiger charge is 2.45. The zero-order valence-corrected chi connectivity index (χ0v) is 12.8. The standard InChI is InChI=1S/C16H25NO4/c1-3-5-8-12-11-17(4-2)15(18)14(12)16(19)21-13-9-6-7-10-20-13/h4,12-14H,2-3,5-11H2,1H3. The lowest BCUT2D eigenvalue weighted by Gasteiger charge is -2.24. The van der Waals surface area contributed by atoms with Crippen molar-refractivity contribution in [2.45, 2.75) is 51.7 Å². The number of carbonyl (C=O) groups excluding carboxylic acids is 2. The van der Waals surface area contributed by atoms with Crippen molar-refractivity contribution in [3.8, 4) is 0 Å². The minimum atomic E-state index is -0.694. The van der Waals surface area contributed by atoms with Crippen LogP contribution in [-0.2, 0) is 19.1 Å². The SMILES string of the molecule is C=CN1CC(CCCC)C(C(=O)OC2CCCCO2)C1=O. The van der Waals surface area contributed by atoms with E-state index in [1.54, 1.807) is 0 Å². The Hall–Kier alpha value is -1.36. The second-order valence-corrected chi connectivity index (χ2v) is 5.79. The molecule has 21 heavy (non-hydrogen) atoms. The minimum absolute atomic E-state index is 0.0199. The maximum absolute atomic E-state index is 12.4. The molecule has 5 nitrogen and oxygen atoms in total. The zero-order chi connectivity index (χ0) is 15.2. The Morgan fingerprint density at radius 3 is 2.95 bits per heavy atom. The molecule has 0 aromatic heterocycles. The summed E-state index contributed by atoms with van der Waals surface area (Å²) >= 11 is 0. The topological polar surface area (TPSA) is 55.8 Å². The van der Waals surface area contributed by atoms with E-state index in [1.165, 1.54) is 11.1 Å². The molecule has 3 unspecified atom stereocenters. The van der Waals surface area contributed by atoms with Gasteiger partial charge in [-0.1, -0.05) is 26.3 Å². The van der Waals surface area contributed by atoms with Crippen molar-refractivity contribution < 1.29 is 19.1 Å². The van der Waals surface area contributed by atoms with Crippen LogP contribution in [-0.4, -0.2) is 36.2 Å². The molecule has 5 heteroatoms. The lowest BCUT2D eigenvalue weighted by Crippen LogP contribution is -2.34. The predicted molar refractivity (Wildman–Crippen MR) is 78.1 cm³/mol. The molecule has 0 radical (unpaired) electrons. The summed E-state index contributed by atoms with van der Waals surface area (Å²) in [6.07, 6.45) is 6.65. The number of unbranched alkanes of at least 4 members (excludes halogenated alkanes) is 1. The Labute approximate surface area is 126 Å². The zero-order valence-electron chi connectivity index (χ0n) is 12.8. The molecule has 0 bridgehead atoms. The molecular formula is C16H25NO4. The molecule has 2 rings (SSSR count). The van der Waals surface area contributed by atoms with Crippen molar-refractivity contribution in [2.24, 2.45) is 11.8 Å². The molecule has 0 aromatic carbocycles. The summed E-state index contributed by atoms with van der Waals surface area (Å²) < 4.78 is 10.8. The molecule has 0 saturated carbocycles. The summed E-state index contributed by atoms with van der Waals surface area (Å²) in [5.41, 5.74) is 0. The summed E-state index contributed by atoms with van der Waals surface area (Å²) in [7, 11) is 0. The second-order valence-electron chi connectivity index (χ2n) is 5.79. The van der Waals surface area contributed by atoms with E-state index in [0.717, 1.165) is 38.5 Å². The van der Waals surface area contributed by atoms with Crippen LogP contribution in [0.1, 0.15) is 45.4 Å². The summed E-state index contributed by atoms with van der Waals surface area (Å²) in [4.78, 5) is 26.2. The highest BCUT2D eigenvalue weighted by Crippen LogP contribution is 2.31. The van der Waals surface area contributed by atoms with Crippen LogP contribution in [0.4, 0.5) is 0 Å². The van der Waals surface area contributed by atoms with Gasteiger partial charge in [-0.15, -0.1) is 0 Å². The average molecular weight is 295 g/mol. The molecule has 0 N–H and O–H groups in total. The van der Waals surface area contributed by atoms with Crippen LogP contribution in [0.25, 0.3) is 0 Å². The first kappa shape index (κ1) is 16.0. The number of hydrogen-bond donors (Lipinski definition) is 0. The second kappa shape index (κ2) is 7.59. The smallest absolute Gasteiger partial charge is 0.321 e. The van der Waals surface area contributed by atoms with Gasteiger partial charge in [0.15, 0.2) is 0 Å². The molecule has 2 saturated heterocycles. The summed E-state index contributed by atoms with van der Waals surface area (Å²) in [6, 6.07) is 0. The largest absolute Gasteiger partial charge is 0.435 e. The third kappa shape index (κ3) is 3.84. The molecule has 118 valence electrons. The number of hydrogen-bond acceptors (Lipinski definition) is 4. The van der Waals surface area contributed by atoms with Crippen molar-refractivity contribution in [3.05, 3.63) is 12.8 Å². The van der Waals surface area contributed by atoms with Gasteiger partial charge in [0.25, 0.3) is 0 Å². The van der Waals surface area contributed by atoms with Crippen molar-refractivity contribution >= 4 is 11.9 Å². The van der Waals surface area contributed by atoms with E-state index in [1.807, 2.05) is 0 Å². The van der Waals surface area contributed by atoms with E-state index < -0.39 is 18.2 Å². The van der Waals surface area contributed by atoms with Crippen LogP contribution in [0, 0.1) is 11.8 Å². The molecule has 2 aliphatic heterocycles. The molecule has 0 spiro atoms. The monoisotopic (exact) mass is 295 g/mol. The fourth-order valence-corrected chi connectivity index (χ4v) is 3.02. The highest BCUT2D eigenvalue weighted by atomic mass is 16.7. The van der Waals surface area contributed by atoms with Crippen LogP contribution in [0.15, 0.2) is 12.8 Å². The maximum atomic E-state index is 12.4. The van der Waals surface area contributed by atoms with Crippen molar-refractivity contribution in [2.75, 3.05) is 13.2 Å². The van der Waals surface area contributed by atoms with E-state index in [9.17, 15) is 9.59 Å². The number of nitrogens with zero attached hydrogens (tertiary/aromatic N) is 1. The summed E-state index contributed by atoms with van der Waals surface area (Å²) in [6.45, 7) is 6.93. The van der Waals surface area contributed by atoms with E-state index in [2.05, 4.69) is 13.5 Å². The van der Waals surface area contributed by atoms with Gasteiger partial charge in [-0.3, -0.25) is 9.59 Å². The number of carbonyl (C=O) groups is 2. The van der Waals surface area contributed by atoms with Crippen LogP contribution < -0.4 is 0 Å². The molecule has 0 aromatic rings. The fourth-order valence-electron chi connectivity index (χ4n) is 3.02. The maximum Gasteiger partial charge on any atom is 0.321 e. The Morgan fingerprint density at radius 2 is 2.33 bits per heavy atom. The normalized spacial score (nSPS) is 29.5. The van der Waals surface area contributed by atoms with Gasteiger partial charge in [0, 0.05) is 13.0 Å². The van der Waals surface area contributed by atoms with Crippen molar-refractivity contribution in [3.63, 3.8) is 0 Å².